The molecular weight excluding hydrogens is 330 g/mol. The third-order valence-electron chi connectivity index (χ3n) is 4.89. The quantitative estimate of drug-likeness (QED) is 0.857. The molecule has 25 heavy (non-hydrogen) atoms. The standard InChI is InChI=1S/C19H29N5S/c1-14-8-11-23(4)13-17(14)25-16(3)21-19-15(2)20-12-18(22-19)24-9-6-5-7-10-24/h12H,3,5-11,13H2,1-2,4H3,(H,21,22). The monoisotopic (exact) mass is 359 g/mol. The first-order chi connectivity index (χ1) is 12.0. The highest BCUT2D eigenvalue weighted by molar-refractivity contribution is 8.06. The Labute approximate surface area is 155 Å². The first-order valence-corrected chi connectivity index (χ1v) is 9.94. The molecule has 0 bridgehead atoms. The van der Waals surface area contributed by atoms with Crippen LogP contribution in [0, 0.1) is 6.92 Å². The summed E-state index contributed by atoms with van der Waals surface area (Å²) in [5.41, 5.74) is 2.38. The molecule has 5 nitrogen and oxygen atoms in total. The Morgan fingerprint density at radius 2 is 1.96 bits per heavy atom. The van der Waals surface area contributed by atoms with Gasteiger partial charge in [0.1, 0.15) is 5.82 Å². The third kappa shape index (κ3) is 4.76. The summed E-state index contributed by atoms with van der Waals surface area (Å²) in [7, 11) is 2.17. The summed E-state index contributed by atoms with van der Waals surface area (Å²) in [6, 6.07) is 0. The van der Waals surface area contributed by atoms with Crippen molar-refractivity contribution in [3.63, 3.8) is 0 Å². The molecule has 3 heterocycles. The SMILES string of the molecule is C=C(Nc1nc(N2CCCCC2)cnc1C)SC1=C(C)CCN(C)C1. The molecule has 0 aromatic carbocycles. The summed E-state index contributed by atoms with van der Waals surface area (Å²) in [6.07, 6.45) is 6.82. The molecular formula is C19H29N5S. The van der Waals surface area contributed by atoms with Crippen molar-refractivity contribution in [2.24, 2.45) is 0 Å². The second kappa shape index (κ2) is 8.23. The number of aryl methyl sites for hydroxylation is 1. The van der Waals surface area contributed by atoms with Gasteiger partial charge < -0.3 is 15.1 Å². The maximum absolute atomic E-state index is 4.81. The normalized spacial score (nSPS) is 19.2. The highest BCUT2D eigenvalue weighted by Gasteiger charge is 2.17. The van der Waals surface area contributed by atoms with Crippen LogP contribution in [0.4, 0.5) is 11.6 Å². The zero-order chi connectivity index (χ0) is 17.8. The van der Waals surface area contributed by atoms with Crippen LogP contribution in [0.1, 0.15) is 38.3 Å². The van der Waals surface area contributed by atoms with Crippen molar-refractivity contribution in [2.75, 3.05) is 43.4 Å². The predicted octanol–water partition coefficient (Wildman–Crippen LogP) is 4.00. The molecule has 3 rings (SSSR count). The average Bonchev–Trinajstić information content (AvgIpc) is 2.61. The van der Waals surface area contributed by atoms with Gasteiger partial charge in [-0.2, -0.15) is 0 Å². The first kappa shape index (κ1) is 18.3. The van der Waals surface area contributed by atoms with Crippen LogP contribution in [0.2, 0.25) is 0 Å². The number of nitrogens with zero attached hydrogens (tertiary/aromatic N) is 4. The third-order valence-corrected chi connectivity index (χ3v) is 5.96. The molecule has 0 saturated carbocycles. The van der Waals surface area contributed by atoms with Gasteiger partial charge in [-0.15, -0.1) is 0 Å². The first-order valence-electron chi connectivity index (χ1n) is 9.12. The van der Waals surface area contributed by atoms with Gasteiger partial charge in [0.25, 0.3) is 0 Å². The Morgan fingerprint density at radius 1 is 1.20 bits per heavy atom. The zero-order valence-electron chi connectivity index (χ0n) is 15.6. The summed E-state index contributed by atoms with van der Waals surface area (Å²) >= 11 is 1.73. The van der Waals surface area contributed by atoms with Crippen LogP contribution in [0.15, 0.2) is 28.3 Å². The highest BCUT2D eigenvalue weighted by Crippen LogP contribution is 2.32. The second-order valence-electron chi connectivity index (χ2n) is 7.05. The Bertz CT molecular complexity index is 664. The van der Waals surface area contributed by atoms with Gasteiger partial charge in [0, 0.05) is 31.1 Å². The smallest absolute Gasteiger partial charge is 0.154 e. The van der Waals surface area contributed by atoms with E-state index in [0.29, 0.717) is 0 Å². The Hall–Kier alpha value is -1.53. The highest BCUT2D eigenvalue weighted by atomic mass is 32.2. The summed E-state index contributed by atoms with van der Waals surface area (Å²) < 4.78 is 0. The van der Waals surface area contributed by atoms with E-state index in [0.717, 1.165) is 55.0 Å². The molecule has 1 fully saturated rings. The van der Waals surface area contributed by atoms with Gasteiger partial charge in [-0.05, 0) is 46.6 Å². The van der Waals surface area contributed by atoms with Gasteiger partial charge in [0.15, 0.2) is 5.82 Å². The van der Waals surface area contributed by atoms with E-state index in [1.807, 2.05) is 13.1 Å². The van der Waals surface area contributed by atoms with E-state index in [-0.39, 0.29) is 0 Å². The summed E-state index contributed by atoms with van der Waals surface area (Å²) in [6.45, 7) is 12.7. The number of thioether (sulfide) groups is 1. The van der Waals surface area contributed by atoms with Crippen molar-refractivity contribution in [3.8, 4) is 0 Å². The minimum atomic E-state index is 0.822. The van der Waals surface area contributed by atoms with Crippen molar-refractivity contribution in [1.29, 1.82) is 0 Å². The molecule has 1 N–H and O–H groups in total. The van der Waals surface area contributed by atoms with E-state index in [1.54, 1.807) is 11.8 Å². The van der Waals surface area contributed by atoms with E-state index >= 15 is 0 Å². The van der Waals surface area contributed by atoms with Crippen molar-refractivity contribution in [3.05, 3.63) is 34.0 Å². The van der Waals surface area contributed by atoms with Crippen LogP contribution in [0.3, 0.4) is 0 Å². The molecule has 136 valence electrons. The maximum Gasteiger partial charge on any atom is 0.154 e. The molecule has 2 aliphatic rings. The van der Waals surface area contributed by atoms with Crippen LogP contribution < -0.4 is 10.2 Å². The van der Waals surface area contributed by atoms with Crippen LogP contribution in [0.5, 0.6) is 0 Å². The Balaban J connectivity index is 1.68. The fourth-order valence-corrected chi connectivity index (χ4v) is 4.22. The van der Waals surface area contributed by atoms with Gasteiger partial charge in [0.05, 0.1) is 16.9 Å². The summed E-state index contributed by atoms with van der Waals surface area (Å²) in [5.74, 6) is 1.79. The van der Waals surface area contributed by atoms with Crippen LogP contribution in [0.25, 0.3) is 0 Å². The molecule has 0 unspecified atom stereocenters. The van der Waals surface area contributed by atoms with Crippen molar-refractivity contribution in [2.45, 2.75) is 39.5 Å². The van der Waals surface area contributed by atoms with Crippen molar-refractivity contribution in [1.82, 2.24) is 14.9 Å². The number of anilines is 2. The number of hydrogen-bond acceptors (Lipinski definition) is 6. The number of nitrogens with one attached hydrogen (secondary N) is 1. The lowest BCUT2D eigenvalue weighted by Gasteiger charge is -2.28. The summed E-state index contributed by atoms with van der Waals surface area (Å²) in [5, 5.41) is 4.30. The van der Waals surface area contributed by atoms with Crippen molar-refractivity contribution >= 4 is 23.4 Å². The predicted molar refractivity (Wildman–Crippen MR) is 108 cm³/mol. The lowest BCUT2D eigenvalue weighted by molar-refractivity contribution is 0.356. The molecule has 1 aromatic rings. The van der Waals surface area contributed by atoms with E-state index < -0.39 is 0 Å². The largest absolute Gasteiger partial charge is 0.355 e. The van der Waals surface area contributed by atoms with Gasteiger partial charge in [0.2, 0.25) is 0 Å². The molecule has 0 aliphatic carbocycles. The molecule has 0 amide bonds. The number of likely N-dealkylation sites (N-methyl/N-ethyl adjacent to an activating group) is 1. The van der Waals surface area contributed by atoms with Gasteiger partial charge in [-0.25, -0.2) is 4.98 Å². The van der Waals surface area contributed by atoms with E-state index in [9.17, 15) is 0 Å². The van der Waals surface area contributed by atoms with Gasteiger partial charge in [-0.3, -0.25) is 4.98 Å². The minimum absolute atomic E-state index is 0.822. The zero-order valence-corrected chi connectivity index (χ0v) is 16.5. The van der Waals surface area contributed by atoms with Crippen molar-refractivity contribution < 1.29 is 0 Å². The maximum atomic E-state index is 4.81. The Morgan fingerprint density at radius 3 is 2.72 bits per heavy atom. The molecule has 1 saturated heterocycles. The molecule has 6 heteroatoms. The number of piperidine rings is 1. The van der Waals surface area contributed by atoms with Crippen LogP contribution in [-0.2, 0) is 0 Å². The fourth-order valence-electron chi connectivity index (χ4n) is 3.22. The van der Waals surface area contributed by atoms with E-state index in [4.69, 9.17) is 4.98 Å². The summed E-state index contributed by atoms with van der Waals surface area (Å²) in [4.78, 5) is 15.4. The lowest BCUT2D eigenvalue weighted by atomic mass is 10.1. The van der Waals surface area contributed by atoms with E-state index in [2.05, 4.69) is 40.7 Å². The number of rotatable bonds is 5. The molecule has 1 aromatic heterocycles. The van der Waals surface area contributed by atoms with Gasteiger partial charge in [-0.1, -0.05) is 23.9 Å². The average molecular weight is 360 g/mol. The molecule has 0 atom stereocenters. The Kier molecular flexibility index (Phi) is 6.02. The molecule has 2 aliphatic heterocycles. The minimum Gasteiger partial charge on any atom is -0.355 e. The molecule has 0 radical (unpaired) electrons. The second-order valence-corrected chi connectivity index (χ2v) is 8.24. The fraction of sp³-hybridized carbons (Fsp3) is 0.579. The number of hydrogen-bond donors (Lipinski definition) is 1. The van der Waals surface area contributed by atoms with Crippen LogP contribution >= 0.6 is 11.8 Å². The molecule has 0 spiro atoms. The van der Waals surface area contributed by atoms with Crippen LogP contribution in [-0.4, -0.2) is 48.1 Å². The van der Waals surface area contributed by atoms with E-state index in [1.165, 1.54) is 29.7 Å². The lowest BCUT2D eigenvalue weighted by Crippen LogP contribution is -2.30. The number of aromatic nitrogens is 2. The van der Waals surface area contributed by atoms with Gasteiger partial charge >= 0.3 is 0 Å². The topological polar surface area (TPSA) is 44.3 Å².